The fourth-order valence-corrected chi connectivity index (χ4v) is 3.40. The quantitative estimate of drug-likeness (QED) is 0.705. The summed E-state index contributed by atoms with van der Waals surface area (Å²) in [4.78, 5) is 2.68. The molecule has 106 valence electrons. The second kappa shape index (κ2) is 8.13. The Morgan fingerprint density at radius 3 is 2.94 bits per heavy atom. The van der Waals surface area contributed by atoms with Crippen LogP contribution in [0.3, 0.4) is 0 Å². The highest BCUT2D eigenvalue weighted by Gasteiger charge is 2.31. The number of ether oxygens (including phenoxy) is 1. The van der Waals surface area contributed by atoms with E-state index >= 15 is 0 Å². The van der Waals surface area contributed by atoms with E-state index in [2.05, 4.69) is 17.1 Å². The number of nitrogens with one attached hydrogen (secondary N) is 1. The maximum Gasteiger partial charge on any atom is 0.0593 e. The van der Waals surface area contributed by atoms with E-state index in [1.165, 1.54) is 58.2 Å². The molecule has 0 radical (unpaired) electrons. The van der Waals surface area contributed by atoms with Gasteiger partial charge >= 0.3 is 0 Å². The summed E-state index contributed by atoms with van der Waals surface area (Å²) in [7, 11) is 0. The molecule has 18 heavy (non-hydrogen) atoms. The van der Waals surface area contributed by atoms with E-state index in [-0.39, 0.29) is 0 Å². The van der Waals surface area contributed by atoms with Crippen LogP contribution in [0.15, 0.2) is 0 Å². The van der Waals surface area contributed by atoms with Gasteiger partial charge in [0.2, 0.25) is 0 Å². The second-order valence-electron chi connectivity index (χ2n) is 5.82. The topological polar surface area (TPSA) is 24.5 Å². The first-order chi connectivity index (χ1) is 8.92. The fraction of sp³-hybridized carbons (Fsp3) is 1.00. The molecule has 3 nitrogen and oxygen atoms in total. The van der Waals surface area contributed by atoms with Crippen LogP contribution in [0, 0.1) is 5.92 Å². The van der Waals surface area contributed by atoms with Crippen LogP contribution in [0.1, 0.15) is 45.4 Å². The highest BCUT2D eigenvalue weighted by atomic mass is 16.5. The Balaban J connectivity index is 1.66. The minimum atomic E-state index is 0.826. The van der Waals surface area contributed by atoms with Crippen molar-refractivity contribution in [2.45, 2.75) is 51.5 Å². The van der Waals surface area contributed by atoms with E-state index in [9.17, 15) is 0 Å². The van der Waals surface area contributed by atoms with E-state index in [4.69, 9.17) is 4.74 Å². The Hall–Kier alpha value is -0.120. The van der Waals surface area contributed by atoms with Gasteiger partial charge in [-0.3, -0.25) is 4.90 Å². The first-order valence-electron chi connectivity index (χ1n) is 7.94. The molecule has 0 aromatic heterocycles. The number of piperidine rings is 1. The third kappa shape index (κ3) is 4.22. The maximum absolute atomic E-state index is 5.71. The number of hydrogen-bond acceptors (Lipinski definition) is 3. The average molecular weight is 254 g/mol. The van der Waals surface area contributed by atoms with Gasteiger partial charge in [0.05, 0.1) is 6.61 Å². The lowest BCUT2D eigenvalue weighted by Gasteiger charge is -2.34. The molecule has 2 aliphatic heterocycles. The molecule has 1 N–H and O–H groups in total. The van der Waals surface area contributed by atoms with Crippen molar-refractivity contribution in [2.75, 3.05) is 39.4 Å². The highest BCUT2D eigenvalue weighted by Crippen LogP contribution is 2.27. The van der Waals surface area contributed by atoms with Crippen molar-refractivity contribution in [1.82, 2.24) is 10.2 Å². The van der Waals surface area contributed by atoms with Gasteiger partial charge in [0.1, 0.15) is 0 Å². The Morgan fingerprint density at radius 1 is 1.22 bits per heavy atom. The summed E-state index contributed by atoms with van der Waals surface area (Å²) in [5.41, 5.74) is 0. The minimum absolute atomic E-state index is 0.826. The summed E-state index contributed by atoms with van der Waals surface area (Å²) >= 11 is 0. The molecule has 2 heterocycles. The van der Waals surface area contributed by atoms with Gasteiger partial charge in [0, 0.05) is 19.2 Å². The zero-order valence-corrected chi connectivity index (χ0v) is 12.0. The molecule has 0 amide bonds. The predicted octanol–water partition coefficient (Wildman–Crippen LogP) is 2.27. The molecule has 0 aromatic carbocycles. The number of likely N-dealkylation sites (tertiary alicyclic amines) is 1. The average Bonchev–Trinajstić information content (AvgIpc) is 2.88. The van der Waals surface area contributed by atoms with Crippen molar-refractivity contribution in [3.63, 3.8) is 0 Å². The summed E-state index contributed by atoms with van der Waals surface area (Å²) in [6.45, 7) is 8.98. The van der Waals surface area contributed by atoms with Gasteiger partial charge in [-0.05, 0) is 57.7 Å². The normalized spacial score (nSPS) is 29.8. The predicted molar refractivity (Wildman–Crippen MR) is 75.9 cm³/mol. The summed E-state index contributed by atoms with van der Waals surface area (Å²) in [5.74, 6) is 0.886. The van der Waals surface area contributed by atoms with Crippen LogP contribution < -0.4 is 5.32 Å². The van der Waals surface area contributed by atoms with E-state index < -0.39 is 0 Å². The molecular formula is C15H30N2O. The van der Waals surface area contributed by atoms with Crippen molar-refractivity contribution in [2.24, 2.45) is 5.92 Å². The molecule has 2 atom stereocenters. The number of rotatable bonds is 7. The molecule has 3 heteroatoms. The third-order valence-corrected chi connectivity index (χ3v) is 4.46. The summed E-state index contributed by atoms with van der Waals surface area (Å²) in [6, 6.07) is 0.826. The third-order valence-electron chi connectivity index (χ3n) is 4.46. The van der Waals surface area contributed by atoms with Crippen LogP contribution in [0.5, 0.6) is 0 Å². The molecule has 2 aliphatic rings. The Bertz CT molecular complexity index is 217. The monoisotopic (exact) mass is 254 g/mol. The van der Waals surface area contributed by atoms with Crippen LogP contribution in [-0.2, 0) is 4.74 Å². The van der Waals surface area contributed by atoms with Crippen molar-refractivity contribution < 1.29 is 4.74 Å². The van der Waals surface area contributed by atoms with Gasteiger partial charge in [-0.2, -0.15) is 0 Å². The van der Waals surface area contributed by atoms with E-state index in [0.29, 0.717) is 0 Å². The van der Waals surface area contributed by atoms with Gasteiger partial charge in [-0.1, -0.05) is 13.3 Å². The Labute approximate surface area is 112 Å². The van der Waals surface area contributed by atoms with Crippen LogP contribution in [0.25, 0.3) is 0 Å². The molecule has 2 unspecified atom stereocenters. The van der Waals surface area contributed by atoms with E-state index in [0.717, 1.165) is 31.7 Å². The first-order valence-corrected chi connectivity index (χ1v) is 7.94. The van der Waals surface area contributed by atoms with Gasteiger partial charge < -0.3 is 10.1 Å². The van der Waals surface area contributed by atoms with Crippen molar-refractivity contribution in [3.8, 4) is 0 Å². The Kier molecular flexibility index (Phi) is 6.46. The summed E-state index contributed by atoms with van der Waals surface area (Å²) in [6.07, 6.45) is 8.01. The molecule has 2 rings (SSSR count). The van der Waals surface area contributed by atoms with Gasteiger partial charge in [-0.25, -0.2) is 0 Å². The van der Waals surface area contributed by atoms with Crippen molar-refractivity contribution in [3.05, 3.63) is 0 Å². The zero-order valence-electron chi connectivity index (χ0n) is 12.0. The van der Waals surface area contributed by atoms with E-state index in [1.807, 2.05) is 0 Å². The van der Waals surface area contributed by atoms with E-state index in [1.54, 1.807) is 0 Å². The van der Waals surface area contributed by atoms with Gasteiger partial charge in [0.25, 0.3) is 0 Å². The SMILES string of the molecule is CCCCOCCN1CCCC1C1CCCNC1. The van der Waals surface area contributed by atoms with Crippen LogP contribution in [0.2, 0.25) is 0 Å². The van der Waals surface area contributed by atoms with Gasteiger partial charge in [-0.15, -0.1) is 0 Å². The summed E-state index contributed by atoms with van der Waals surface area (Å²) < 4.78 is 5.71. The number of unbranched alkanes of at least 4 members (excludes halogenated alkanes) is 1. The van der Waals surface area contributed by atoms with Crippen LogP contribution in [-0.4, -0.2) is 50.3 Å². The lowest BCUT2D eigenvalue weighted by molar-refractivity contribution is 0.0824. The van der Waals surface area contributed by atoms with Gasteiger partial charge in [0.15, 0.2) is 0 Å². The Morgan fingerprint density at radius 2 is 2.17 bits per heavy atom. The lowest BCUT2D eigenvalue weighted by Crippen LogP contribution is -2.44. The lowest BCUT2D eigenvalue weighted by atomic mass is 9.90. The largest absolute Gasteiger partial charge is 0.380 e. The molecule has 0 aromatic rings. The van der Waals surface area contributed by atoms with Crippen LogP contribution >= 0.6 is 0 Å². The molecule has 2 fully saturated rings. The highest BCUT2D eigenvalue weighted by molar-refractivity contribution is 4.87. The first kappa shape index (κ1) is 14.3. The molecule has 0 spiro atoms. The van der Waals surface area contributed by atoms with Crippen molar-refractivity contribution in [1.29, 1.82) is 0 Å². The molecule has 0 saturated carbocycles. The molecular weight excluding hydrogens is 224 g/mol. The number of nitrogens with zero attached hydrogens (tertiary/aromatic N) is 1. The zero-order chi connectivity index (χ0) is 12.6. The maximum atomic E-state index is 5.71. The van der Waals surface area contributed by atoms with Crippen LogP contribution in [0.4, 0.5) is 0 Å². The fourth-order valence-electron chi connectivity index (χ4n) is 3.40. The molecule has 0 aliphatic carbocycles. The summed E-state index contributed by atoms with van der Waals surface area (Å²) in [5, 5.41) is 3.56. The number of hydrogen-bond donors (Lipinski definition) is 1. The molecule has 0 bridgehead atoms. The minimum Gasteiger partial charge on any atom is -0.380 e. The second-order valence-corrected chi connectivity index (χ2v) is 5.82. The molecule has 2 saturated heterocycles. The van der Waals surface area contributed by atoms with Crippen molar-refractivity contribution >= 4 is 0 Å². The standard InChI is InChI=1S/C15H30N2O/c1-2-3-11-18-12-10-17-9-5-7-15(17)14-6-4-8-16-13-14/h14-16H,2-13H2,1H3. The smallest absolute Gasteiger partial charge is 0.0593 e.